The van der Waals surface area contributed by atoms with E-state index >= 15 is 0 Å². The molecule has 1 heterocycles. The molecule has 8 nitrogen and oxygen atoms in total. The Morgan fingerprint density at radius 3 is 2.12 bits per heavy atom. The van der Waals surface area contributed by atoms with Crippen LogP contribution in [0.2, 0.25) is 5.02 Å². The van der Waals surface area contributed by atoms with Crippen molar-refractivity contribution in [2.45, 2.75) is 0 Å². The topological polar surface area (TPSA) is 77.5 Å². The van der Waals surface area contributed by atoms with Crippen LogP contribution in [0.15, 0.2) is 42.1 Å². The van der Waals surface area contributed by atoms with Crippen molar-refractivity contribution < 1.29 is 28.5 Å². The maximum atomic E-state index is 13.4. The lowest BCUT2D eigenvalue weighted by Gasteiger charge is -2.19. The van der Waals surface area contributed by atoms with Gasteiger partial charge in [-0.05, 0) is 60.3 Å². The molecule has 0 radical (unpaired) electrons. The van der Waals surface area contributed by atoms with Gasteiger partial charge in [-0.1, -0.05) is 11.6 Å². The second-order valence-electron chi connectivity index (χ2n) is 6.55. The van der Waals surface area contributed by atoms with Crippen molar-refractivity contribution in [1.82, 2.24) is 4.90 Å². The van der Waals surface area contributed by atoms with Gasteiger partial charge in [0.2, 0.25) is 5.75 Å². The predicted octanol–water partition coefficient (Wildman–Crippen LogP) is 3.51. The fourth-order valence-corrected chi connectivity index (χ4v) is 3.66. The minimum atomic E-state index is -0.547. The van der Waals surface area contributed by atoms with Gasteiger partial charge in [-0.3, -0.25) is 14.5 Å². The Bertz CT molecular complexity index is 1060. The minimum absolute atomic E-state index is 0.140. The van der Waals surface area contributed by atoms with Crippen LogP contribution in [0.1, 0.15) is 5.56 Å². The van der Waals surface area contributed by atoms with E-state index in [-0.39, 0.29) is 17.4 Å². The summed E-state index contributed by atoms with van der Waals surface area (Å²) in [7, 11) is 5.76. The normalized spacial score (nSPS) is 14.7. The Morgan fingerprint density at radius 2 is 1.62 bits per heavy atom. The Labute approximate surface area is 195 Å². The van der Waals surface area contributed by atoms with Crippen LogP contribution in [0.3, 0.4) is 0 Å². The fraction of sp³-hybridized carbons (Fsp3) is 0.227. The van der Waals surface area contributed by atoms with Crippen LogP contribution in [-0.2, 0) is 14.3 Å². The number of carbonyl (C=O) groups is 2. The molecule has 0 atom stereocenters. The molecular formula is C22H21ClN2O6S. The Morgan fingerprint density at radius 1 is 1.03 bits per heavy atom. The van der Waals surface area contributed by atoms with Gasteiger partial charge in [-0.2, -0.15) is 0 Å². The summed E-state index contributed by atoms with van der Waals surface area (Å²) in [5.41, 5.74) is 1.29. The van der Waals surface area contributed by atoms with Crippen LogP contribution in [0.4, 0.5) is 5.69 Å². The highest BCUT2D eigenvalue weighted by Crippen LogP contribution is 2.39. The van der Waals surface area contributed by atoms with Gasteiger partial charge in [0.05, 0.1) is 34.1 Å². The standard InChI is InChI=1S/C22H21ClN2O6S/c1-28-17-10-13(11-18(29-2)20(17)31-4)9-16-21(27)25(15-7-5-14(23)6-8-15)22(32)24(16)12-19(26)30-3/h5-11H,12H2,1-4H3/b16-9-. The molecule has 0 saturated carbocycles. The number of thiocarbonyl (C=S) groups is 1. The quantitative estimate of drug-likeness (QED) is 0.341. The van der Waals surface area contributed by atoms with Gasteiger partial charge < -0.3 is 23.8 Å². The molecule has 1 saturated heterocycles. The predicted molar refractivity (Wildman–Crippen MR) is 124 cm³/mol. The highest BCUT2D eigenvalue weighted by Gasteiger charge is 2.40. The van der Waals surface area contributed by atoms with Crippen molar-refractivity contribution in [2.24, 2.45) is 0 Å². The molecule has 2 aromatic carbocycles. The molecule has 32 heavy (non-hydrogen) atoms. The molecule has 2 aromatic rings. The average molecular weight is 477 g/mol. The molecule has 10 heteroatoms. The van der Waals surface area contributed by atoms with E-state index in [9.17, 15) is 9.59 Å². The van der Waals surface area contributed by atoms with E-state index in [1.165, 1.54) is 38.2 Å². The third-order valence-electron chi connectivity index (χ3n) is 4.73. The number of anilines is 1. The summed E-state index contributed by atoms with van der Waals surface area (Å²) in [6, 6.07) is 10.0. The van der Waals surface area contributed by atoms with Crippen molar-refractivity contribution in [3.05, 3.63) is 52.7 Å². The van der Waals surface area contributed by atoms with E-state index in [1.807, 2.05) is 0 Å². The zero-order valence-corrected chi connectivity index (χ0v) is 19.5. The maximum absolute atomic E-state index is 13.4. The molecule has 1 fully saturated rings. The first-order chi connectivity index (χ1) is 15.3. The largest absolute Gasteiger partial charge is 0.493 e. The summed E-state index contributed by atoms with van der Waals surface area (Å²) in [4.78, 5) is 28.2. The zero-order valence-electron chi connectivity index (χ0n) is 17.9. The number of rotatable bonds is 7. The number of hydrogen-bond donors (Lipinski definition) is 0. The van der Waals surface area contributed by atoms with Crippen LogP contribution >= 0.6 is 23.8 Å². The van der Waals surface area contributed by atoms with Crippen LogP contribution in [0.25, 0.3) is 6.08 Å². The Balaban J connectivity index is 2.11. The molecular weight excluding hydrogens is 456 g/mol. The molecule has 1 aliphatic heterocycles. The highest BCUT2D eigenvalue weighted by molar-refractivity contribution is 7.80. The van der Waals surface area contributed by atoms with Crippen LogP contribution in [-0.4, -0.2) is 56.9 Å². The Kier molecular flexibility index (Phi) is 7.22. The third kappa shape index (κ3) is 4.49. The number of amides is 1. The van der Waals surface area contributed by atoms with Gasteiger partial charge in [0.25, 0.3) is 5.91 Å². The summed E-state index contributed by atoms with van der Waals surface area (Å²) < 4.78 is 20.9. The summed E-state index contributed by atoms with van der Waals surface area (Å²) in [6.07, 6.45) is 1.60. The number of methoxy groups -OCH3 is 4. The third-order valence-corrected chi connectivity index (χ3v) is 5.38. The minimum Gasteiger partial charge on any atom is -0.493 e. The van der Waals surface area contributed by atoms with Gasteiger partial charge in [-0.15, -0.1) is 0 Å². The van der Waals surface area contributed by atoms with Gasteiger partial charge >= 0.3 is 5.97 Å². The number of benzene rings is 2. The number of halogens is 1. The van der Waals surface area contributed by atoms with Crippen molar-refractivity contribution in [2.75, 3.05) is 39.9 Å². The fourth-order valence-electron chi connectivity index (χ4n) is 3.19. The van der Waals surface area contributed by atoms with E-state index in [0.717, 1.165) is 0 Å². The smallest absolute Gasteiger partial charge is 0.325 e. The average Bonchev–Trinajstić information content (AvgIpc) is 3.02. The molecule has 1 aliphatic rings. The SMILES string of the molecule is COC(=O)CN1C(=S)N(c2ccc(Cl)cc2)C(=O)/C1=C/c1cc(OC)c(OC)c(OC)c1. The van der Waals surface area contributed by atoms with Crippen molar-refractivity contribution in [1.29, 1.82) is 0 Å². The van der Waals surface area contributed by atoms with Gasteiger partial charge in [0.15, 0.2) is 16.6 Å². The second-order valence-corrected chi connectivity index (χ2v) is 7.35. The van der Waals surface area contributed by atoms with Crippen LogP contribution in [0.5, 0.6) is 17.2 Å². The zero-order chi connectivity index (χ0) is 23.4. The summed E-state index contributed by atoms with van der Waals surface area (Å²) in [5.74, 6) is 0.296. The van der Waals surface area contributed by atoms with E-state index < -0.39 is 11.9 Å². The molecule has 0 N–H and O–H groups in total. The lowest BCUT2D eigenvalue weighted by molar-refractivity contribution is -0.140. The molecule has 3 rings (SSSR count). The highest BCUT2D eigenvalue weighted by atomic mass is 35.5. The molecule has 168 valence electrons. The number of ether oxygens (including phenoxy) is 4. The van der Waals surface area contributed by atoms with Crippen molar-refractivity contribution in [3.8, 4) is 17.2 Å². The van der Waals surface area contributed by atoms with Gasteiger partial charge in [-0.25, -0.2) is 0 Å². The molecule has 0 bridgehead atoms. The second kappa shape index (κ2) is 9.88. The maximum Gasteiger partial charge on any atom is 0.325 e. The lowest BCUT2D eigenvalue weighted by atomic mass is 10.1. The first-order valence-corrected chi connectivity index (χ1v) is 10.1. The van der Waals surface area contributed by atoms with Crippen molar-refractivity contribution in [3.63, 3.8) is 0 Å². The lowest BCUT2D eigenvalue weighted by Crippen LogP contribution is -2.35. The number of nitrogens with zero attached hydrogens (tertiary/aromatic N) is 2. The number of esters is 1. The molecule has 0 spiro atoms. The summed E-state index contributed by atoms with van der Waals surface area (Å²) in [6.45, 7) is -0.235. The first-order valence-electron chi connectivity index (χ1n) is 9.34. The van der Waals surface area contributed by atoms with E-state index in [4.69, 9.17) is 42.8 Å². The van der Waals surface area contributed by atoms with Gasteiger partial charge in [0.1, 0.15) is 12.2 Å². The Hall–Kier alpha value is -3.30. The molecule has 0 aromatic heterocycles. The monoisotopic (exact) mass is 476 g/mol. The van der Waals surface area contributed by atoms with Crippen LogP contribution < -0.4 is 19.1 Å². The molecule has 0 aliphatic carbocycles. The summed E-state index contributed by atoms with van der Waals surface area (Å²) in [5, 5.41) is 0.660. The summed E-state index contributed by atoms with van der Waals surface area (Å²) >= 11 is 11.5. The van der Waals surface area contributed by atoms with Crippen molar-refractivity contribution >= 4 is 52.6 Å². The molecule has 1 amide bonds. The van der Waals surface area contributed by atoms with E-state index in [1.54, 1.807) is 42.5 Å². The van der Waals surface area contributed by atoms with E-state index in [2.05, 4.69) is 0 Å². The van der Waals surface area contributed by atoms with Gasteiger partial charge in [0, 0.05) is 5.02 Å². The molecule has 0 unspecified atom stereocenters. The number of carbonyl (C=O) groups excluding carboxylic acids is 2. The first kappa shape index (κ1) is 23.4. The van der Waals surface area contributed by atoms with E-state index in [0.29, 0.717) is 33.5 Å². The van der Waals surface area contributed by atoms with Crippen LogP contribution in [0, 0.1) is 0 Å². The number of hydrogen-bond acceptors (Lipinski definition) is 7.